The number of nitrogens with zero attached hydrogens (tertiary/aromatic N) is 2. The second-order valence-electron chi connectivity index (χ2n) is 5.56. The van der Waals surface area contributed by atoms with Crippen LogP contribution in [0.5, 0.6) is 0 Å². The summed E-state index contributed by atoms with van der Waals surface area (Å²) < 4.78 is 5.44. The Morgan fingerprint density at radius 2 is 2.00 bits per heavy atom. The highest BCUT2D eigenvalue weighted by atomic mass is 16.3. The minimum Gasteiger partial charge on any atom is -0.466 e. The first-order valence-electron chi connectivity index (χ1n) is 7.47. The van der Waals surface area contributed by atoms with Gasteiger partial charge in [-0.3, -0.25) is 4.79 Å². The third kappa shape index (κ3) is 4.49. The van der Waals surface area contributed by atoms with Crippen LogP contribution in [0, 0.1) is 6.92 Å². The van der Waals surface area contributed by atoms with Gasteiger partial charge in [-0.15, -0.1) is 0 Å². The normalized spacial score (nSPS) is 19.0. The molecule has 1 aliphatic rings. The van der Waals surface area contributed by atoms with Crippen molar-refractivity contribution in [1.29, 1.82) is 0 Å². The van der Waals surface area contributed by atoms with Crippen molar-refractivity contribution in [3.05, 3.63) is 23.7 Å². The lowest BCUT2D eigenvalue weighted by atomic mass is 10.3. The number of amides is 3. The largest absolute Gasteiger partial charge is 0.466 e. The van der Waals surface area contributed by atoms with Crippen LogP contribution in [0.4, 0.5) is 4.79 Å². The highest BCUT2D eigenvalue weighted by Crippen LogP contribution is 2.07. The molecule has 2 rings (SSSR count). The Hall–Kier alpha value is -2.02. The van der Waals surface area contributed by atoms with Gasteiger partial charge in [-0.1, -0.05) is 0 Å². The number of aliphatic hydroxyl groups is 1. The van der Waals surface area contributed by atoms with Gasteiger partial charge >= 0.3 is 6.03 Å². The lowest BCUT2D eigenvalue weighted by Crippen LogP contribution is -2.44. The number of aliphatic hydroxyl groups excluding tert-OH is 1. The molecule has 7 nitrogen and oxygen atoms in total. The SMILES string of the molecule is CC(=O)N1CCN(C(=O)NCCc2ccc(C)o2)C[C@H](O)C1. The number of aryl methyl sites for hydroxylation is 1. The Morgan fingerprint density at radius 1 is 1.32 bits per heavy atom. The van der Waals surface area contributed by atoms with E-state index in [2.05, 4.69) is 5.32 Å². The lowest BCUT2D eigenvalue weighted by Gasteiger charge is -2.21. The highest BCUT2D eigenvalue weighted by molar-refractivity contribution is 5.75. The van der Waals surface area contributed by atoms with Crippen molar-refractivity contribution in [3.8, 4) is 0 Å². The fourth-order valence-electron chi connectivity index (χ4n) is 2.48. The first-order chi connectivity index (χ1) is 10.5. The summed E-state index contributed by atoms with van der Waals surface area (Å²) in [6, 6.07) is 3.55. The zero-order valence-corrected chi connectivity index (χ0v) is 13.0. The second kappa shape index (κ2) is 7.31. The zero-order valence-electron chi connectivity index (χ0n) is 13.0. The summed E-state index contributed by atoms with van der Waals surface area (Å²) in [5.41, 5.74) is 0. The molecule has 0 aromatic carbocycles. The van der Waals surface area contributed by atoms with Crippen LogP contribution in [0.3, 0.4) is 0 Å². The average molecular weight is 309 g/mol. The molecule has 2 N–H and O–H groups in total. The fourth-order valence-corrected chi connectivity index (χ4v) is 2.48. The van der Waals surface area contributed by atoms with Gasteiger partial charge in [-0.05, 0) is 19.1 Å². The van der Waals surface area contributed by atoms with Gasteiger partial charge in [-0.2, -0.15) is 0 Å². The van der Waals surface area contributed by atoms with Crippen LogP contribution in [-0.4, -0.2) is 65.7 Å². The molecule has 0 saturated carbocycles. The molecule has 0 unspecified atom stereocenters. The summed E-state index contributed by atoms with van der Waals surface area (Å²) in [5, 5.41) is 12.7. The van der Waals surface area contributed by atoms with Gasteiger partial charge in [0.25, 0.3) is 0 Å². The fraction of sp³-hybridized carbons (Fsp3) is 0.600. The maximum Gasteiger partial charge on any atom is 0.317 e. The molecule has 2 heterocycles. The number of urea groups is 1. The Morgan fingerprint density at radius 3 is 2.64 bits per heavy atom. The molecule has 0 spiro atoms. The van der Waals surface area contributed by atoms with E-state index in [9.17, 15) is 14.7 Å². The van der Waals surface area contributed by atoms with E-state index < -0.39 is 6.10 Å². The predicted molar refractivity (Wildman–Crippen MR) is 80.4 cm³/mol. The lowest BCUT2D eigenvalue weighted by molar-refractivity contribution is -0.129. The molecule has 0 radical (unpaired) electrons. The van der Waals surface area contributed by atoms with Gasteiger partial charge in [0, 0.05) is 39.5 Å². The molecule has 3 amide bonds. The van der Waals surface area contributed by atoms with Gasteiger partial charge in [0.1, 0.15) is 11.5 Å². The minimum atomic E-state index is -0.718. The number of furan rings is 1. The number of carbonyl (C=O) groups excluding carboxylic acids is 2. The molecule has 7 heteroatoms. The third-order valence-electron chi connectivity index (χ3n) is 3.68. The quantitative estimate of drug-likeness (QED) is 0.844. The Kier molecular flexibility index (Phi) is 5.43. The van der Waals surface area contributed by atoms with Gasteiger partial charge in [0.2, 0.25) is 5.91 Å². The monoisotopic (exact) mass is 309 g/mol. The smallest absolute Gasteiger partial charge is 0.317 e. The Balaban J connectivity index is 1.80. The standard InChI is InChI=1S/C15H23N3O4/c1-11-3-4-14(22-11)5-6-16-15(21)18-8-7-17(12(2)19)9-13(20)10-18/h3-4,13,20H,5-10H2,1-2H3,(H,16,21)/t13-/m1/s1. The molecule has 1 fully saturated rings. The van der Waals surface area contributed by atoms with Crippen LogP contribution in [0.25, 0.3) is 0 Å². The van der Waals surface area contributed by atoms with Gasteiger partial charge in [-0.25, -0.2) is 4.79 Å². The van der Waals surface area contributed by atoms with E-state index in [-0.39, 0.29) is 25.0 Å². The molecule has 1 aromatic heterocycles. The van der Waals surface area contributed by atoms with E-state index in [0.29, 0.717) is 26.1 Å². The van der Waals surface area contributed by atoms with Crippen LogP contribution in [0.2, 0.25) is 0 Å². The van der Waals surface area contributed by atoms with Crippen molar-refractivity contribution in [3.63, 3.8) is 0 Å². The molecule has 1 saturated heterocycles. The van der Waals surface area contributed by atoms with Crippen molar-refractivity contribution < 1.29 is 19.1 Å². The van der Waals surface area contributed by atoms with E-state index in [1.165, 1.54) is 6.92 Å². The first-order valence-corrected chi connectivity index (χ1v) is 7.47. The summed E-state index contributed by atoms with van der Waals surface area (Å²) in [7, 11) is 0. The minimum absolute atomic E-state index is 0.0884. The number of β-amino-alcohol motifs (C(OH)–C–C–N with tert-alkyl or cyclic N) is 1. The topological polar surface area (TPSA) is 86.0 Å². The average Bonchev–Trinajstić information content (AvgIpc) is 2.75. The second-order valence-corrected chi connectivity index (χ2v) is 5.56. The van der Waals surface area contributed by atoms with Gasteiger partial charge in [0.15, 0.2) is 0 Å². The number of nitrogens with one attached hydrogen (secondary N) is 1. The zero-order chi connectivity index (χ0) is 16.1. The van der Waals surface area contributed by atoms with Crippen LogP contribution >= 0.6 is 0 Å². The third-order valence-corrected chi connectivity index (χ3v) is 3.68. The number of hydrogen-bond donors (Lipinski definition) is 2. The molecule has 22 heavy (non-hydrogen) atoms. The summed E-state index contributed by atoms with van der Waals surface area (Å²) in [6.07, 6.45) is -0.0971. The van der Waals surface area contributed by atoms with E-state index in [0.717, 1.165) is 11.5 Å². The van der Waals surface area contributed by atoms with E-state index in [1.54, 1.807) is 9.80 Å². The van der Waals surface area contributed by atoms with E-state index >= 15 is 0 Å². The molecule has 1 aromatic rings. The summed E-state index contributed by atoms with van der Waals surface area (Å²) in [4.78, 5) is 26.6. The summed E-state index contributed by atoms with van der Waals surface area (Å²) in [5.74, 6) is 1.59. The number of carbonyl (C=O) groups is 2. The molecule has 1 aliphatic heterocycles. The molecule has 1 atom stereocenters. The predicted octanol–water partition coefficient (Wildman–Crippen LogP) is 0.365. The number of hydrogen-bond acceptors (Lipinski definition) is 4. The van der Waals surface area contributed by atoms with Gasteiger partial charge < -0.3 is 24.6 Å². The van der Waals surface area contributed by atoms with E-state index in [4.69, 9.17) is 4.42 Å². The van der Waals surface area contributed by atoms with Gasteiger partial charge in [0.05, 0.1) is 12.6 Å². The van der Waals surface area contributed by atoms with Crippen molar-refractivity contribution in [2.24, 2.45) is 0 Å². The summed E-state index contributed by atoms with van der Waals surface area (Å²) >= 11 is 0. The number of rotatable bonds is 3. The molecule has 0 aliphatic carbocycles. The van der Waals surface area contributed by atoms with Crippen LogP contribution in [0.1, 0.15) is 18.4 Å². The van der Waals surface area contributed by atoms with Crippen LogP contribution < -0.4 is 5.32 Å². The summed E-state index contributed by atoms with van der Waals surface area (Å²) in [6.45, 7) is 5.17. The molecular formula is C15H23N3O4. The van der Waals surface area contributed by atoms with Crippen LogP contribution in [0.15, 0.2) is 16.5 Å². The van der Waals surface area contributed by atoms with Crippen LogP contribution in [-0.2, 0) is 11.2 Å². The maximum atomic E-state index is 12.1. The van der Waals surface area contributed by atoms with Crippen molar-refractivity contribution in [2.75, 3.05) is 32.7 Å². The Bertz CT molecular complexity index is 529. The Labute approximate surface area is 129 Å². The van der Waals surface area contributed by atoms with Crippen molar-refractivity contribution in [1.82, 2.24) is 15.1 Å². The van der Waals surface area contributed by atoms with Crippen molar-refractivity contribution in [2.45, 2.75) is 26.4 Å². The van der Waals surface area contributed by atoms with Crippen molar-refractivity contribution >= 4 is 11.9 Å². The maximum absolute atomic E-state index is 12.1. The first kappa shape index (κ1) is 16.4. The molecular weight excluding hydrogens is 286 g/mol. The highest BCUT2D eigenvalue weighted by Gasteiger charge is 2.25. The molecule has 0 bridgehead atoms. The molecule has 122 valence electrons. The van der Waals surface area contributed by atoms with E-state index in [1.807, 2.05) is 19.1 Å².